The van der Waals surface area contributed by atoms with E-state index in [2.05, 4.69) is 3.63 Å². The Morgan fingerprint density at radius 2 is 2.06 bits per heavy atom. The summed E-state index contributed by atoms with van der Waals surface area (Å²) in [6, 6.07) is 5.21. The van der Waals surface area contributed by atoms with Gasteiger partial charge in [0.25, 0.3) is 0 Å². The monoisotopic (exact) mass is 334 g/mol. The van der Waals surface area contributed by atoms with Gasteiger partial charge in [0.2, 0.25) is 0 Å². The molecule has 0 radical (unpaired) electrons. The van der Waals surface area contributed by atoms with Crippen LogP contribution in [0.5, 0.6) is 0 Å². The molecule has 1 aliphatic heterocycles. The molecule has 0 saturated heterocycles. The van der Waals surface area contributed by atoms with E-state index in [1.54, 1.807) is 19.1 Å². The Hall–Kier alpha value is -0.0800. The summed E-state index contributed by atoms with van der Waals surface area (Å²) in [5, 5.41) is 0. The second kappa shape index (κ2) is 4.79. The van der Waals surface area contributed by atoms with Crippen molar-refractivity contribution in [3.63, 3.8) is 0 Å². The molecule has 0 N–H and O–H groups in total. The van der Waals surface area contributed by atoms with E-state index in [4.69, 9.17) is 0 Å². The van der Waals surface area contributed by atoms with Crippen molar-refractivity contribution in [2.75, 3.05) is 0 Å². The van der Waals surface area contributed by atoms with Crippen molar-refractivity contribution in [3.8, 4) is 0 Å². The third kappa shape index (κ3) is 2.75. The van der Waals surface area contributed by atoms with Crippen molar-refractivity contribution in [1.82, 2.24) is 0 Å². The van der Waals surface area contributed by atoms with Gasteiger partial charge < -0.3 is 0 Å². The minimum Gasteiger partial charge on any atom is -0.189 e. The Bertz CT molecular complexity index is 624. The number of rotatable bonds is 2. The van der Waals surface area contributed by atoms with Crippen LogP contribution in [-0.2, 0) is 24.1 Å². The Labute approximate surface area is 110 Å². The molecule has 0 fully saturated rings. The fourth-order valence-electron chi connectivity index (χ4n) is 1.11. The van der Waals surface area contributed by atoms with Crippen molar-refractivity contribution in [2.24, 2.45) is 0 Å². The molecule has 1 unspecified atom stereocenters. The van der Waals surface area contributed by atoms with Gasteiger partial charge in [-0.1, -0.05) is 17.4 Å². The summed E-state index contributed by atoms with van der Waals surface area (Å²) in [7, 11) is -6.95. The number of fused-ring (bicyclic) bond motifs is 1. The molecular weight excluding hydrogens is 328 g/mol. The molecule has 0 saturated carbocycles. The minimum absolute atomic E-state index is 0.448. The van der Waals surface area contributed by atoms with Crippen LogP contribution in [0.3, 0.4) is 0 Å². The van der Waals surface area contributed by atoms with Crippen molar-refractivity contribution in [2.45, 2.75) is 22.2 Å². The smallest absolute Gasteiger partial charge is 0.189 e. The number of hydrogen-bond acceptors (Lipinski definition) is 4. The van der Waals surface area contributed by atoms with E-state index in [0.717, 1.165) is 10.5 Å². The van der Waals surface area contributed by atoms with Crippen LogP contribution in [0.1, 0.15) is 5.56 Å². The largest absolute Gasteiger partial charge is 0.524 e. The van der Waals surface area contributed by atoms with Crippen molar-refractivity contribution < 1.29 is 25.2 Å². The van der Waals surface area contributed by atoms with Gasteiger partial charge in [-0.15, -0.1) is 0 Å². The van der Waals surface area contributed by atoms with Crippen LogP contribution in [0.4, 0.5) is 13.2 Å². The Kier molecular flexibility index (Phi) is 3.81. The first kappa shape index (κ1) is 14.3. The van der Waals surface area contributed by atoms with Crippen LogP contribution < -0.4 is 0 Å². The van der Waals surface area contributed by atoms with E-state index < -0.39 is 26.0 Å². The van der Waals surface area contributed by atoms with Gasteiger partial charge in [-0.2, -0.15) is 25.2 Å². The van der Waals surface area contributed by atoms with Crippen molar-refractivity contribution in [3.05, 3.63) is 23.8 Å². The van der Waals surface area contributed by atoms with E-state index in [9.17, 15) is 21.6 Å². The highest BCUT2D eigenvalue weighted by molar-refractivity contribution is 8.64. The van der Waals surface area contributed by atoms with Crippen LogP contribution in [0, 0.1) is 6.92 Å². The maximum absolute atomic E-state index is 12.2. The standard InChI is InChI=1S/C8H6F3O3PS3/c1-5-2-3-6-7(4-5)17(15-16-6)14-18(12,13)8(9,10)11/h2-4H,1H3. The molecule has 18 heavy (non-hydrogen) atoms. The van der Waals surface area contributed by atoms with Crippen LogP contribution in [0.2, 0.25) is 0 Å². The third-order valence-corrected chi connectivity index (χ3v) is 9.58. The molecule has 0 spiro atoms. The Morgan fingerprint density at radius 1 is 1.39 bits per heavy atom. The fraction of sp³-hybridized carbons (Fsp3) is 0.250. The van der Waals surface area contributed by atoms with Gasteiger partial charge in [-0.05, 0) is 24.6 Å². The quantitative estimate of drug-likeness (QED) is 0.612. The zero-order chi connectivity index (χ0) is 13.6. The molecule has 3 nitrogen and oxygen atoms in total. The van der Waals surface area contributed by atoms with Crippen molar-refractivity contribution in [1.29, 1.82) is 0 Å². The van der Waals surface area contributed by atoms with E-state index in [1.807, 2.05) is 6.07 Å². The summed E-state index contributed by atoms with van der Waals surface area (Å²) in [5.74, 6) is 0. The molecule has 1 aromatic carbocycles. The predicted octanol–water partition coefficient (Wildman–Crippen LogP) is 3.64. The van der Waals surface area contributed by atoms with Crippen molar-refractivity contribution >= 4 is 38.4 Å². The maximum atomic E-state index is 12.2. The summed E-state index contributed by atoms with van der Waals surface area (Å²) in [6.45, 7) is 2.23. The van der Waals surface area contributed by atoms with Crippen LogP contribution in [0.15, 0.2) is 28.0 Å². The Balaban J connectivity index is 2.33. The lowest BCUT2D eigenvalue weighted by atomic mass is 10.2. The zero-order valence-corrected chi connectivity index (χ0v) is 12.1. The normalized spacial score (nSPS) is 20.3. The second-order valence-electron chi connectivity index (χ2n) is 3.33. The summed E-state index contributed by atoms with van der Waals surface area (Å²) in [6.07, 6.45) is 0. The SMILES string of the molecule is Cc1ccc2c(c1)S(OS(=O)(=O)C(F)(F)F)=PS2. The summed E-state index contributed by atoms with van der Waals surface area (Å²) in [4.78, 5) is 1.26. The van der Waals surface area contributed by atoms with Crippen LogP contribution in [-0.4, -0.2) is 13.9 Å². The number of alkyl halides is 3. The minimum atomic E-state index is -5.54. The summed E-state index contributed by atoms with van der Waals surface area (Å²) in [5.41, 5.74) is -4.54. The highest BCUT2D eigenvalue weighted by Gasteiger charge is 2.48. The van der Waals surface area contributed by atoms with Gasteiger partial charge in [0, 0.05) is 26.7 Å². The summed E-state index contributed by atoms with van der Waals surface area (Å²) >= 11 is 1.26. The first-order chi connectivity index (χ1) is 8.21. The zero-order valence-electron chi connectivity index (χ0n) is 8.76. The maximum Gasteiger partial charge on any atom is 0.524 e. The van der Waals surface area contributed by atoms with E-state index in [1.165, 1.54) is 11.4 Å². The lowest BCUT2D eigenvalue weighted by Gasteiger charge is -2.09. The van der Waals surface area contributed by atoms with Gasteiger partial charge in [0.05, 0.1) is 0 Å². The molecule has 1 heterocycles. The molecule has 0 aromatic heterocycles. The van der Waals surface area contributed by atoms with Gasteiger partial charge in [0.15, 0.2) is 0 Å². The van der Waals surface area contributed by atoms with Crippen LogP contribution >= 0.6 is 17.9 Å². The average molecular weight is 334 g/mol. The van der Waals surface area contributed by atoms with Gasteiger partial charge in [-0.25, -0.2) is 0 Å². The Morgan fingerprint density at radius 3 is 2.67 bits per heavy atom. The number of hydrogen-bond donors (Lipinski definition) is 0. The fourth-order valence-corrected chi connectivity index (χ4v) is 9.54. The van der Waals surface area contributed by atoms with E-state index >= 15 is 0 Å². The number of halogens is 3. The predicted molar refractivity (Wildman–Crippen MR) is 65.6 cm³/mol. The van der Waals surface area contributed by atoms with Gasteiger partial charge in [0.1, 0.15) is 0 Å². The summed E-state index contributed by atoms with van der Waals surface area (Å²) < 4.78 is 62.9. The molecule has 1 aliphatic rings. The lowest BCUT2D eigenvalue weighted by molar-refractivity contribution is -0.0494. The topological polar surface area (TPSA) is 43.4 Å². The third-order valence-electron chi connectivity index (χ3n) is 1.93. The highest BCUT2D eigenvalue weighted by atomic mass is 32.9. The molecule has 1 aromatic rings. The van der Waals surface area contributed by atoms with Gasteiger partial charge in [-0.3, -0.25) is 0 Å². The average Bonchev–Trinajstić information content (AvgIpc) is 2.59. The molecule has 0 aliphatic carbocycles. The van der Waals surface area contributed by atoms with E-state index in [0.29, 0.717) is 11.5 Å². The highest BCUT2D eigenvalue weighted by Crippen LogP contribution is 2.47. The van der Waals surface area contributed by atoms with Gasteiger partial charge >= 0.3 is 15.6 Å². The molecule has 1 atom stereocenters. The number of aryl methyl sites for hydroxylation is 1. The number of benzene rings is 1. The molecule has 10 heteroatoms. The van der Waals surface area contributed by atoms with E-state index in [-0.39, 0.29) is 0 Å². The molecular formula is C8H6F3O3PS3. The molecule has 100 valence electrons. The first-order valence-electron chi connectivity index (χ1n) is 4.45. The lowest BCUT2D eigenvalue weighted by Crippen LogP contribution is -2.25. The van der Waals surface area contributed by atoms with Crippen LogP contribution in [0.25, 0.3) is 0 Å². The first-order valence-corrected chi connectivity index (χ1v) is 9.93. The molecule has 2 rings (SSSR count). The second-order valence-corrected chi connectivity index (χ2v) is 10.3. The molecule has 0 bridgehead atoms. The molecule has 0 amide bonds.